The van der Waals surface area contributed by atoms with Crippen LogP contribution in [0, 0.1) is 0 Å². The van der Waals surface area contributed by atoms with Crippen LogP contribution in [0.2, 0.25) is 0 Å². The molecule has 14 nitrogen and oxygen atoms in total. The van der Waals surface area contributed by atoms with E-state index in [1.54, 1.807) is 11.0 Å². The molecular weight excluding hydrogens is 548 g/mol. The number of oxime groups is 1. The van der Waals surface area contributed by atoms with E-state index >= 15 is 0 Å². The molecule has 2 atom stereocenters. The molecule has 0 radical (unpaired) electrons. The number of carboxylic acids is 1. The van der Waals surface area contributed by atoms with Gasteiger partial charge in [-0.05, 0) is 18.1 Å². The number of β-lactam (4-membered cyclic amide) rings is 1. The standard InChI is InChI=1S/C23H28N8O6S2/c24-23-26-14(11-39-23)15(28-37)18(32)27-16-20(34)31-17(22(35)36)13(10-38-21(16)31)9-12-1-4-30(19(12)33)8-7-29-5-2-25-3-6-29/h9,11,16,21,25,37H,1-8,10H2,(H2,24,26)(H,27,32)(H,35,36)/t16-,21-/m1/s1. The Kier molecular flexibility index (Phi) is 7.88. The van der Waals surface area contributed by atoms with Gasteiger partial charge in [-0.15, -0.1) is 23.1 Å². The summed E-state index contributed by atoms with van der Waals surface area (Å²) in [6.07, 6.45) is 2.10. The van der Waals surface area contributed by atoms with Gasteiger partial charge in [-0.25, -0.2) is 9.78 Å². The molecule has 208 valence electrons. The Hall–Kier alpha value is -3.47. The highest BCUT2D eigenvalue weighted by molar-refractivity contribution is 8.00. The average molecular weight is 577 g/mol. The van der Waals surface area contributed by atoms with Crippen LogP contribution in [0.1, 0.15) is 12.1 Å². The van der Waals surface area contributed by atoms with Crippen LogP contribution in [0.15, 0.2) is 33.5 Å². The van der Waals surface area contributed by atoms with E-state index in [9.17, 15) is 29.5 Å². The zero-order chi connectivity index (χ0) is 27.7. The number of amides is 3. The number of carbonyl (C=O) groups excluding carboxylic acids is 3. The molecule has 5 heterocycles. The number of carboxylic acid groups (broad SMARTS) is 1. The number of thiazole rings is 1. The molecule has 5 rings (SSSR count). The highest BCUT2D eigenvalue weighted by Crippen LogP contribution is 2.41. The summed E-state index contributed by atoms with van der Waals surface area (Å²) in [5.41, 5.74) is 5.93. The number of nitrogens with zero attached hydrogens (tertiary/aromatic N) is 5. The van der Waals surface area contributed by atoms with Crippen molar-refractivity contribution in [2.24, 2.45) is 5.16 Å². The van der Waals surface area contributed by atoms with E-state index in [1.807, 2.05) is 0 Å². The first-order valence-corrected chi connectivity index (χ1v) is 14.3. The van der Waals surface area contributed by atoms with E-state index < -0.39 is 34.9 Å². The lowest BCUT2D eigenvalue weighted by Crippen LogP contribution is -2.71. The number of fused-ring (bicyclic) bond motifs is 1. The first kappa shape index (κ1) is 27.1. The van der Waals surface area contributed by atoms with Gasteiger partial charge < -0.3 is 31.6 Å². The Labute approximate surface area is 231 Å². The number of thioether (sulfide) groups is 1. The second-order valence-corrected chi connectivity index (χ2v) is 11.4. The van der Waals surface area contributed by atoms with Crippen molar-refractivity contribution in [1.82, 2.24) is 30.3 Å². The molecule has 39 heavy (non-hydrogen) atoms. The number of nitrogens with one attached hydrogen (secondary N) is 2. The van der Waals surface area contributed by atoms with Crippen LogP contribution < -0.4 is 16.4 Å². The molecule has 1 aromatic rings. The number of anilines is 1. The highest BCUT2D eigenvalue weighted by Gasteiger charge is 2.54. The lowest BCUT2D eigenvalue weighted by molar-refractivity contribution is -0.150. The number of carbonyl (C=O) groups is 4. The molecule has 3 saturated heterocycles. The summed E-state index contributed by atoms with van der Waals surface area (Å²) in [5, 5.41) is 29.0. The number of hydrogen-bond donors (Lipinski definition) is 5. The van der Waals surface area contributed by atoms with Gasteiger partial charge in [0, 0.05) is 62.5 Å². The van der Waals surface area contributed by atoms with Gasteiger partial charge >= 0.3 is 5.97 Å². The van der Waals surface area contributed by atoms with Gasteiger partial charge in [0.05, 0.1) is 0 Å². The predicted molar refractivity (Wildman–Crippen MR) is 143 cm³/mol. The molecule has 3 amide bonds. The number of likely N-dealkylation sites (tertiary alicyclic amines) is 1. The maximum atomic E-state index is 13.0. The van der Waals surface area contributed by atoms with E-state index in [-0.39, 0.29) is 28.2 Å². The third-order valence-electron chi connectivity index (χ3n) is 7.02. The normalized spacial score (nSPS) is 25.2. The Morgan fingerprint density at radius 3 is 2.69 bits per heavy atom. The minimum absolute atomic E-state index is 0.0562. The molecule has 4 aliphatic rings. The molecule has 0 aromatic carbocycles. The molecule has 3 fully saturated rings. The third-order valence-corrected chi connectivity index (χ3v) is 9.00. The molecular formula is C23H28N8O6S2. The Balaban J connectivity index is 1.26. The van der Waals surface area contributed by atoms with Crippen molar-refractivity contribution in [1.29, 1.82) is 0 Å². The van der Waals surface area contributed by atoms with Gasteiger partial charge in [0.1, 0.15) is 22.8 Å². The predicted octanol–water partition coefficient (Wildman–Crippen LogP) is -1.29. The van der Waals surface area contributed by atoms with Crippen LogP contribution in [0.3, 0.4) is 0 Å². The van der Waals surface area contributed by atoms with Crippen LogP contribution in [0.5, 0.6) is 0 Å². The van der Waals surface area contributed by atoms with E-state index in [0.29, 0.717) is 30.7 Å². The topological polar surface area (TPSA) is 194 Å². The molecule has 0 saturated carbocycles. The van der Waals surface area contributed by atoms with Crippen molar-refractivity contribution in [3.63, 3.8) is 0 Å². The fraction of sp³-hybridized carbons (Fsp3) is 0.478. The summed E-state index contributed by atoms with van der Waals surface area (Å²) >= 11 is 2.34. The number of nitrogens with two attached hydrogens (primary N) is 1. The average Bonchev–Trinajstić information content (AvgIpc) is 3.51. The molecule has 0 bridgehead atoms. The van der Waals surface area contributed by atoms with Gasteiger partial charge in [0.2, 0.25) is 5.91 Å². The van der Waals surface area contributed by atoms with Crippen molar-refractivity contribution in [2.75, 3.05) is 57.3 Å². The van der Waals surface area contributed by atoms with Gasteiger partial charge in [-0.1, -0.05) is 5.16 Å². The first-order chi connectivity index (χ1) is 18.8. The summed E-state index contributed by atoms with van der Waals surface area (Å²) in [7, 11) is 0. The Morgan fingerprint density at radius 2 is 2.03 bits per heavy atom. The van der Waals surface area contributed by atoms with Crippen molar-refractivity contribution < 1.29 is 29.5 Å². The summed E-state index contributed by atoms with van der Waals surface area (Å²) < 4.78 is 0. The monoisotopic (exact) mass is 576 g/mol. The lowest BCUT2D eigenvalue weighted by Gasteiger charge is -2.49. The minimum Gasteiger partial charge on any atom is -0.477 e. The van der Waals surface area contributed by atoms with Crippen LogP contribution in [-0.4, -0.2) is 122 Å². The van der Waals surface area contributed by atoms with Gasteiger partial charge in [0.15, 0.2) is 10.8 Å². The summed E-state index contributed by atoms with van der Waals surface area (Å²) in [5.74, 6) is -2.62. The molecule has 16 heteroatoms. The molecule has 0 unspecified atom stereocenters. The molecule has 4 aliphatic heterocycles. The SMILES string of the molecule is Nc1nc(C(=NO)C(=O)N[C@@H]2C(=O)N3C(C(=O)O)=C(C=C4CCN(CCN5CCNCC5)C4=O)CS[C@H]23)cs1. The van der Waals surface area contributed by atoms with Gasteiger partial charge in [0.25, 0.3) is 11.8 Å². The summed E-state index contributed by atoms with van der Waals surface area (Å²) in [6.45, 7) is 5.71. The van der Waals surface area contributed by atoms with Crippen LogP contribution >= 0.6 is 23.1 Å². The van der Waals surface area contributed by atoms with Crippen molar-refractivity contribution in [3.05, 3.63) is 34.0 Å². The second kappa shape index (κ2) is 11.3. The lowest BCUT2D eigenvalue weighted by atomic mass is 10.0. The third kappa shape index (κ3) is 5.36. The summed E-state index contributed by atoms with van der Waals surface area (Å²) in [6, 6.07) is -1.02. The number of nitrogen functional groups attached to an aromatic ring is 1. The number of aliphatic carboxylic acids is 1. The number of piperazine rings is 1. The van der Waals surface area contributed by atoms with Gasteiger partial charge in [-0.3, -0.25) is 24.2 Å². The van der Waals surface area contributed by atoms with Crippen LogP contribution in [0.4, 0.5) is 5.13 Å². The minimum atomic E-state index is -1.29. The number of aromatic nitrogens is 1. The molecule has 6 N–H and O–H groups in total. The van der Waals surface area contributed by atoms with Crippen LogP contribution in [-0.2, 0) is 19.2 Å². The van der Waals surface area contributed by atoms with Crippen molar-refractivity contribution in [3.8, 4) is 0 Å². The fourth-order valence-corrected chi connectivity index (χ4v) is 6.85. The highest BCUT2D eigenvalue weighted by atomic mass is 32.2. The largest absolute Gasteiger partial charge is 0.477 e. The number of allylic oxidation sites excluding steroid dienone is 1. The quantitative estimate of drug-likeness (QED) is 0.0812. The zero-order valence-corrected chi connectivity index (χ0v) is 22.5. The van der Waals surface area contributed by atoms with E-state index in [2.05, 4.69) is 25.7 Å². The Bertz CT molecular complexity index is 1290. The molecule has 0 spiro atoms. The van der Waals surface area contributed by atoms with Crippen molar-refractivity contribution in [2.45, 2.75) is 17.8 Å². The van der Waals surface area contributed by atoms with Gasteiger partial charge in [-0.2, -0.15) is 0 Å². The molecule has 0 aliphatic carbocycles. The second-order valence-electron chi connectivity index (χ2n) is 9.36. The van der Waals surface area contributed by atoms with E-state index in [1.165, 1.54) is 17.1 Å². The molecule has 1 aromatic heterocycles. The van der Waals surface area contributed by atoms with Crippen LogP contribution in [0.25, 0.3) is 0 Å². The zero-order valence-electron chi connectivity index (χ0n) is 20.8. The smallest absolute Gasteiger partial charge is 0.352 e. The number of rotatable bonds is 8. The Morgan fingerprint density at radius 1 is 1.26 bits per heavy atom. The first-order valence-electron chi connectivity index (χ1n) is 12.4. The number of hydrogen-bond acceptors (Lipinski definition) is 12. The van der Waals surface area contributed by atoms with E-state index in [0.717, 1.165) is 49.0 Å². The fourth-order valence-electron chi connectivity index (χ4n) is 4.99. The van der Waals surface area contributed by atoms with Crippen molar-refractivity contribution >= 4 is 57.6 Å². The summed E-state index contributed by atoms with van der Waals surface area (Å²) in [4.78, 5) is 60.0. The maximum absolute atomic E-state index is 13.0. The van der Waals surface area contributed by atoms with E-state index in [4.69, 9.17) is 5.73 Å². The maximum Gasteiger partial charge on any atom is 0.352 e.